The van der Waals surface area contributed by atoms with Crippen molar-refractivity contribution in [2.75, 3.05) is 13.6 Å². The Balaban J connectivity index is 2.90. The van der Waals surface area contributed by atoms with Crippen molar-refractivity contribution in [3.8, 4) is 0 Å². The normalized spacial score (nSPS) is 17.6. The number of aldehydes is 1. The lowest BCUT2D eigenvalue weighted by Crippen LogP contribution is -2.32. The molecule has 0 aromatic heterocycles. The predicted octanol–water partition coefficient (Wildman–Crippen LogP) is -1.39. The number of hydrogen-bond acceptors (Lipinski definition) is 4. The fraction of sp³-hybridized carbons (Fsp3) is 0.333. The van der Waals surface area contributed by atoms with Gasteiger partial charge in [0.15, 0.2) is 0 Å². The maximum absolute atomic E-state index is 11.0. The van der Waals surface area contributed by atoms with E-state index in [1.54, 1.807) is 0 Å². The van der Waals surface area contributed by atoms with Crippen LogP contribution in [0.3, 0.4) is 0 Å². The van der Waals surface area contributed by atoms with Crippen LogP contribution in [0.4, 0.5) is 4.79 Å². The third kappa shape index (κ3) is 0.969. The molecule has 6 heteroatoms. The van der Waals surface area contributed by atoms with Gasteiger partial charge in [0.2, 0.25) is 0 Å². The van der Waals surface area contributed by atoms with Crippen molar-refractivity contribution in [1.82, 2.24) is 9.80 Å². The van der Waals surface area contributed by atoms with Gasteiger partial charge in [-0.15, -0.1) is 0 Å². The van der Waals surface area contributed by atoms with Crippen LogP contribution in [0.2, 0.25) is 0 Å². The molecule has 1 fully saturated rings. The predicted molar refractivity (Wildman–Crippen MR) is 35.9 cm³/mol. The van der Waals surface area contributed by atoms with E-state index in [9.17, 15) is 19.2 Å². The highest BCUT2D eigenvalue weighted by atomic mass is 16.2. The molecular weight excluding hydrogens is 164 g/mol. The third-order valence-electron chi connectivity index (χ3n) is 1.51. The molecule has 0 saturated carbocycles. The molecule has 0 aliphatic carbocycles. The number of imide groups is 2. The van der Waals surface area contributed by atoms with Crippen molar-refractivity contribution >= 4 is 24.1 Å². The Morgan fingerprint density at radius 3 is 2.17 bits per heavy atom. The molecule has 1 aliphatic heterocycles. The first-order valence-corrected chi connectivity index (χ1v) is 3.16. The molecule has 0 bridgehead atoms. The lowest BCUT2D eigenvalue weighted by molar-refractivity contribution is -0.143. The van der Waals surface area contributed by atoms with Crippen LogP contribution in [-0.2, 0) is 14.4 Å². The molecule has 0 N–H and O–H groups in total. The Bertz CT molecular complexity index is 273. The summed E-state index contributed by atoms with van der Waals surface area (Å²) in [6.07, 6.45) is 0.391. The van der Waals surface area contributed by atoms with Crippen molar-refractivity contribution in [3.63, 3.8) is 0 Å². The Hall–Kier alpha value is -1.72. The van der Waals surface area contributed by atoms with E-state index in [1.807, 2.05) is 0 Å². The van der Waals surface area contributed by atoms with Gasteiger partial charge < -0.3 is 4.79 Å². The van der Waals surface area contributed by atoms with Gasteiger partial charge in [-0.2, -0.15) is 0 Å². The molecule has 0 unspecified atom stereocenters. The summed E-state index contributed by atoms with van der Waals surface area (Å²) in [5.41, 5.74) is 0. The minimum Gasteiger partial charge on any atom is -0.301 e. The molecule has 1 rings (SSSR count). The summed E-state index contributed by atoms with van der Waals surface area (Å²) < 4.78 is 0. The molecule has 1 heterocycles. The van der Waals surface area contributed by atoms with Crippen LogP contribution in [0, 0.1) is 0 Å². The van der Waals surface area contributed by atoms with Gasteiger partial charge in [0.25, 0.3) is 0 Å². The molecule has 0 aromatic rings. The van der Waals surface area contributed by atoms with E-state index in [4.69, 9.17) is 0 Å². The van der Waals surface area contributed by atoms with Crippen LogP contribution >= 0.6 is 0 Å². The molecule has 4 amide bonds. The van der Waals surface area contributed by atoms with Gasteiger partial charge in [-0.25, -0.2) is 9.69 Å². The van der Waals surface area contributed by atoms with Gasteiger partial charge in [0.1, 0.15) is 6.29 Å². The number of carbonyl (C=O) groups is 4. The van der Waals surface area contributed by atoms with E-state index in [1.165, 1.54) is 7.05 Å². The minimum atomic E-state index is -0.949. The minimum absolute atomic E-state index is 0.367. The second-order valence-corrected chi connectivity index (χ2v) is 2.23. The summed E-state index contributed by atoms with van der Waals surface area (Å²) in [6, 6.07) is -0.753. The first-order chi connectivity index (χ1) is 5.59. The Labute approximate surface area is 67.7 Å². The second kappa shape index (κ2) is 2.72. The van der Waals surface area contributed by atoms with Crippen LogP contribution in [0.1, 0.15) is 0 Å². The zero-order valence-electron chi connectivity index (χ0n) is 6.31. The standard InChI is InChI=1S/C6H6N2O4/c1-7-4(10)5(11)8(2-3-9)6(7)12/h3H,2H2,1H3. The van der Waals surface area contributed by atoms with Crippen LogP contribution < -0.4 is 0 Å². The van der Waals surface area contributed by atoms with Crippen molar-refractivity contribution in [2.45, 2.75) is 0 Å². The van der Waals surface area contributed by atoms with E-state index in [2.05, 4.69) is 0 Å². The van der Waals surface area contributed by atoms with E-state index in [0.717, 1.165) is 0 Å². The lowest BCUT2D eigenvalue weighted by Gasteiger charge is -2.07. The zero-order chi connectivity index (χ0) is 9.30. The molecule has 0 aromatic carbocycles. The van der Waals surface area contributed by atoms with Gasteiger partial charge in [-0.05, 0) is 0 Å². The average Bonchev–Trinajstić information content (AvgIpc) is 2.23. The highest BCUT2D eigenvalue weighted by Gasteiger charge is 2.41. The van der Waals surface area contributed by atoms with Crippen LogP contribution in [-0.4, -0.2) is 47.5 Å². The van der Waals surface area contributed by atoms with Crippen molar-refractivity contribution in [3.05, 3.63) is 0 Å². The Morgan fingerprint density at radius 1 is 1.25 bits per heavy atom. The molecule has 0 radical (unpaired) electrons. The average molecular weight is 170 g/mol. The van der Waals surface area contributed by atoms with Crippen LogP contribution in [0.15, 0.2) is 0 Å². The number of urea groups is 1. The molecule has 1 saturated heterocycles. The number of carbonyl (C=O) groups excluding carboxylic acids is 4. The van der Waals surface area contributed by atoms with Crippen LogP contribution in [0.25, 0.3) is 0 Å². The number of likely N-dealkylation sites (N-methyl/N-ethyl adjacent to an activating group) is 1. The summed E-state index contributed by atoms with van der Waals surface area (Å²) in [4.78, 5) is 43.9. The molecule has 64 valence electrons. The number of amides is 4. The molecule has 12 heavy (non-hydrogen) atoms. The lowest BCUT2D eigenvalue weighted by atomic mass is 10.5. The van der Waals surface area contributed by atoms with E-state index in [-0.39, 0.29) is 6.54 Å². The third-order valence-corrected chi connectivity index (χ3v) is 1.51. The largest absolute Gasteiger partial charge is 0.334 e. The summed E-state index contributed by atoms with van der Waals surface area (Å²) in [5, 5.41) is 0. The Kier molecular flexibility index (Phi) is 1.90. The van der Waals surface area contributed by atoms with Crippen molar-refractivity contribution < 1.29 is 19.2 Å². The zero-order valence-corrected chi connectivity index (χ0v) is 6.31. The summed E-state index contributed by atoms with van der Waals surface area (Å²) in [5.74, 6) is -1.85. The van der Waals surface area contributed by atoms with Gasteiger partial charge in [-0.3, -0.25) is 14.5 Å². The quantitative estimate of drug-likeness (QED) is 0.290. The van der Waals surface area contributed by atoms with E-state index in [0.29, 0.717) is 16.1 Å². The smallest absolute Gasteiger partial charge is 0.301 e. The second-order valence-electron chi connectivity index (χ2n) is 2.23. The number of hydrogen-bond donors (Lipinski definition) is 0. The molecular formula is C6H6N2O4. The fourth-order valence-corrected chi connectivity index (χ4v) is 0.849. The molecule has 6 nitrogen and oxygen atoms in total. The number of rotatable bonds is 2. The summed E-state index contributed by atoms with van der Waals surface area (Å²) in [6.45, 7) is -0.367. The first kappa shape index (κ1) is 8.38. The van der Waals surface area contributed by atoms with Gasteiger partial charge in [0.05, 0.1) is 6.54 Å². The van der Waals surface area contributed by atoms with Crippen molar-refractivity contribution in [2.24, 2.45) is 0 Å². The van der Waals surface area contributed by atoms with E-state index >= 15 is 0 Å². The molecule has 0 spiro atoms. The Morgan fingerprint density at radius 2 is 1.83 bits per heavy atom. The first-order valence-electron chi connectivity index (χ1n) is 3.16. The van der Waals surface area contributed by atoms with Crippen molar-refractivity contribution in [1.29, 1.82) is 0 Å². The molecule has 1 aliphatic rings. The fourth-order valence-electron chi connectivity index (χ4n) is 0.849. The maximum Gasteiger partial charge on any atom is 0.334 e. The summed E-state index contributed by atoms with van der Waals surface area (Å²) in [7, 11) is 1.19. The van der Waals surface area contributed by atoms with Gasteiger partial charge in [0, 0.05) is 7.05 Å². The monoisotopic (exact) mass is 170 g/mol. The topological polar surface area (TPSA) is 74.8 Å². The number of nitrogens with zero attached hydrogens (tertiary/aromatic N) is 2. The van der Waals surface area contributed by atoms with Crippen LogP contribution in [0.5, 0.6) is 0 Å². The summed E-state index contributed by atoms with van der Waals surface area (Å²) >= 11 is 0. The highest BCUT2D eigenvalue weighted by molar-refractivity contribution is 6.44. The van der Waals surface area contributed by atoms with Gasteiger partial charge >= 0.3 is 17.8 Å². The van der Waals surface area contributed by atoms with E-state index < -0.39 is 17.8 Å². The molecule has 0 atom stereocenters. The highest BCUT2D eigenvalue weighted by Crippen LogP contribution is 2.07. The van der Waals surface area contributed by atoms with Gasteiger partial charge in [-0.1, -0.05) is 0 Å². The SMILES string of the molecule is CN1C(=O)C(=O)N(CC=O)C1=O. The maximum atomic E-state index is 11.0.